The molecule has 1 aliphatic heterocycles. The summed E-state index contributed by atoms with van der Waals surface area (Å²) in [6.07, 6.45) is 0. The number of ether oxygens (including phenoxy) is 1. The summed E-state index contributed by atoms with van der Waals surface area (Å²) in [5, 5.41) is 22.4. The van der Waals surface area contributed by atoms with Crippen LogP contribution in [0.5, 0.6) is 11.5 Å². The van der Waals surface area contributed by atoms with Gasteiger partial charge in [0.1, 0.15) is 11.6 Å². The molecule has 4 rings (SSSR count). The van der Waals surface area contributed by atoms with Gasteiger partial charge in [0.15, 0.2) is 11.5 Å². The number of nitrogens with zero attached hydrogens (tertiary/aromatic N) is 1. The van der Waals surface area contributed by atoms with E-state index < -0.39 is 5.92 Å². The van der Waals surface area contributed by atoms with Crippen LogP contribution in [0.2, 0.25) is 5.02 Å². The van der Waals surface area contributed by atoms with E-state index in [2.05, 4.69) is 6.07 Å². The number of aromatic hydroxyl groups is 1. The Hall–Kier alpha value is -3.16. The highest BCUT2D eigenvalue weighted by Gasteiger charge is 2.34. The van der Waals surface area contributed by atoms with Crippen LogP contribution in [0, 0.1) is 11.3 Å². The monoisotopic (exact) mass is 348 g/mol. The molecule has 0 bridgehead atoms. The fraction of sp³-hybridized carbons (Fsp3) is 0.0500. The molecule has 1 heterocycles. The maximum atomic E-state index is 10.4. The van der Waals surface area contributed by atoms with Crippen LogP contribution in [0.15, 0.2) is 66.1 Å². The van der Waals surface area contributed by atoms with Crippen molar-refractivity contribution in [2.75, 3.05) is 0 Å². The molecule has 122 valence electrons. The molecule has 0 amide bonds. The van der Waals surface area contributed by atoms with E-state index in [-0.39, 0.29) is 17.4 Å². The minimum absolute atomic E-state index is 0.00874. The number of halogens is 1. The van der Waals surface area contributed by atoms with Crippen LogP contribution in [0.1, 0.15) is 17.0 Å². The highest BCUT2D eigenvalue weighted by molar-refractivity contribution is 6.30. The van der Waals surface area contributed by atoms with E-state index in [4.69, 9.17) is 22.1 Å². The smallest absolute Gasteiger partial charge is 0.205 e. The minimum atomic E-state index is -0.468. The van der Waals surface area contributed by atoms with Gasteiger partial charge in [-0.15, -0.1) is 0 Å². The standard InChI is InChI=1S/C20H13ClN2O2/c21-13-6-3-5-12(8-13)17-15(10-22)20(23)25-19-16(24)9-11-4-1-2-7-14(11)18(17)19/h1-9,17,24H,23H2. The lowest BCUT2D eigenvalue weighted by Gasteiger charge is -2.28. The number of allylic oxidation sites excluding steroid dienone is 1. The second-order valence-corrected chi connectivity index (χ2v) is 6.28. The predicted octanol–water partition coefficient (Wildman–Crippen LogP) is 4.42. The molecule has 0 aliphatic carbocycles. The van der Waals surface area contributed by atoms with E-state index in [0.717, 1.165) is 16.3 Å². The molecule has 0 spiro atoms. The van der Waals surface area contributed by atoms with E-state index in [1.165, 1.54) is 0 Å². The highest BCUT2D eigenvalue weighted by Crippen LogP contribution is 2.49. The van der Waals surface area contributed by atoms with Gasteiger partial charge < -0.3 is 15.6 Å². The van der Waals surface area contributed by atoms with E-state index in [9.17, 15) is 10.4 Å². The van der Waals surface area contributed by atoms with Gasteiger partial charge >= 0.3 is 0 Å². The normalized spacial score (nSPS) is 16.2. The van der Waals surface area contributed by atoms with Gasteiger partial charge in [-0.2, -0.15) is 5.26 Å². The molecule has 0 radical (unpaired) electrons. The number of fused-ring (bicyclic) bond motifs is 3. The molecule has 3 aromatic rings. The average molecular weight is 349 g/mol. The molecule has 3 aromatic carbocycles. The van der Waals surface area contributed by atoms with Crippen molar-refractivity contribution in [2.24, 2.45) is 5.73 Å². The third-order valence-electron chi connectivity index (χ3n) is 4.38. The number of rotatable bonds is 1. The first-order valence-electron chi connectivity index (χ1n) is 7.68. The molecular formula is C20H13ClN2O2. The van der Waals surface area contributed by atoms with Crippen LogP contribution in [-0.4, -0.2) is 5.11 Å². The molecule has 1 unspecified atom stereocenters. The number of hydrogen-bond acceptors (Lipinski definition) is 4. The molecule has 25 heavy (non-hydrogen) atoms. The first-order valence-corrected chi connectivity index (χ1v) is 8.05. The van der Waals surface area contributed by atoms with E-state index in [1.54, 1.807) is 18.2 Å². The molecule has 0 aromatic heterocycles. The van der Waals surface area contributed by atoms with E-state index in [1.807, 2.05) is 36.4 Å². The van der Waals surface area contributed by atoms with Crippen LogP contribution in [-0.2, 0) is 0 Å². The second kappa shape index (κ2) is 5.73. The molecule has 4 nitrogen and oxygen atoms in total. The molecule has 0 fully saturated rings. The summed E-state index contributed by atoms with van der Waals surface area (Å²) in [6.45, 7) is 0. The van der Waals surface area contributed by atoms with Gasteiger partial charge in [0.25, 0.3) is 0 Å². The number of hydrogen-bond donors (Lipinski definition) is 2. The van der Waals surface area contributed by atoms with E-state index >= 15 is 0 Å². The minimum Gasteiger partial charge on any atom is -0.504 e. The summed E-state index contributed by atoms with van der Waals surface area (Å²) in [5.74, 6) is -0.212. The Morgan fingerprint density at radius 1 is 1.12 bits per heavy atom. The van der Waals surface area contributed by atoms with Crippen LogP contribution < -0.4 is 10.5 Å². The van der Waals surface area contributed by atoms with Gasteiger partial charge in [0.2, 0.25) is 5.88 Å². The first kappa shape index (κ1) is 15.4. The largest absolute Gasteiger partial charge is 0.504 e. The molecule has 1 aliphatic rings. The molecule has 3 N–H and O–H groups in total. The summed E-state index contributed by atoms with van der Waals surface area (Å²) < 4.78 is 5.61. The lowest BCUT2D eigenvalue weighted by Crippen LogP contribution is -2.21. The number of phenolic OH excluding ortho intramolecular Hbond substituents is 1. The molecule has 1 atom stereocenters. The van der Waals surface area contributed by atoms with Gasteiger partial charge in [0.05, 0.1) is 5.92 Å². The maximum Gasteiger partial charge on any atom is 0.205 e. The SMILES string of the molecule is N#CC1=C(N)Oc2c(O)cc3ccccc3c2C1c1cccc(Cl)c1. The molecule has 0 saturated carbocycles. The lowest BCUT2D eigenvalue weighted by molar-refractivity contribution is 0.360. The van der Waals surface area contributed by atoms with Crippen molar-refractivity contribution in [3.05, 3.63) is 82.2 Å². The van der Waals surface area contributed by atoms with Gasteiger partial charge in [0, 0.05) is 10.6 Å². The van der Waals surface area contributed by atoms with Gasteiger partial charge in [-0.3, -0.25) is 0 Å². The van der Waals surface area contributed by atoms with Crippen molar-refractivity contribution in [1.29, 1.82) is 5.26 Å². The summed E-state index contributed by atoms with van der Waals surface area (Å²) in [6, 6.07) is 18.7. The number of phenols is 1. The summed E-state index contributed by atoms with van der Waals surface area (Å²) in [4.78, 5) is 0. The summed E-state index contributed by atoms with van der Waals surface area (Å²) in [7, 11) is 0. The van der Waals surface area contributed by atoms with Crippen LogP contribution in [0.25, 0.3) is 10.8 Å². The third-order valence-corrected chi connectivity index (χ3v) is 4.61. The maximum absolute atomic E-state index is 10.4. The van der Waals surface area contributed by atoms with Gasteiger partial charge in [-0.25, -0.2) is 0 Å². The average Bonchev–Trinajstić information content (AvgIpc) is 2.61. The predicted molar refractivity (Wildman–Crippen MR) is 96.4 cm³/mol. The fourth-order valence-corrected chi connectivity index (χ4v) is 3.52. The van der Waals surface area contributed by atoms with Crippen molar-refractivity contribution in [3.8, 4) is 17.6 Å². The Morgan fingerprint density at radius 2 is 1.92 bits per heavy atom. The van der Waals surface area contributed by atoms with Crippen molar-refractivity contribution < 1.29 is 9.84 Å². The van der Waals surface area contributed by atoms with Crippen LogP contribution >= 0.6 is 11.6 Å². The number of nitriles is 1. The van der Waals surface area contributed by atoms with Gasteiger partial charge in [-0.05, 0) is 34.5 Å². The lowest BCUT2D eigenvalue weighted by atomic mass is 9.81. The molecule has 5 heteroatoms. The summed E-state index contributed by atoms with van der Waals surface area (Å²) >= 11 is 6.16. The van der Waals surface area contributed by atoms with Crippen molar-refractivity contribution in [1.82, 2.24) is 0 Å². The van der Waals surface area contributed by atoms with E-state index in [0.29, 0.717) is 16.2 Å². The Morgan fingerprint density at radius 3 is 2.68 bits per heavy atom. The fourth-order valence-electron chi connectivity index (χ4n) is 3.33. The van der Waals surface area contributed by atoms with Crippen molar-refractivity contribution in [2.45, 2.75) is 5.92 Å². The van der Waals surface area contributed by atoms with Crippen LogP contribution in [0.4, 0.5) is 0 Å². The third kappa shape index (κ3) is 2.37. The number of benzene rings is 3. The Bertz CT molecular complexity index is 1080. The molecule has 0 saturated heterocycles. The zero-order valence-electron chi connectivity index (χ0n) is 13.0. The number of nitrogens with two attached hydrogens (primary N) is 1. The molecular weight excluding hydrogens is 336 g/mol. The zero-order valence-corrected chi connectivity index (χ0v) is 13.8. The zero-order chi connectivity index (χ0) is 17.6. The van der Waals surface area contributed by atoms with Crippen molar-refractivity contribution in [3.63, 3.8) is 0 Å². The van der Waals surface area contributed by atoms with Crippen molar-refractivity contribution >= 4 is 22.4 Å². The summed E-state index contributed by atoms with van der Waals surface area (Å²) in [5.41, 5.74) is 7.79. The van der Waals surface area contributed by atoms with Crippen LogP contribution in [0.3, 0.4) is 0 Å². The second-order valence-electron chi connectivity index (χ2n) is 5.84. The Balaban J connectivity index is 2.11. The highest BCUT2D eigenvalue weighted by atomic mass is 35.5. The topological polar surface area (TPSA) is 79.3 Å². The first-order chi connectivity index (χ1) is 12.1. The van der Waals surface area contributed by atoms with Gasteiger partial charge in [-0.1, -0.05) is 48.0 Å². The quantitative estimate of drug-likeness (QED) is 0.682. The Kier molecular flexibility index (Phi) is 3.52. The Labute approximate surface area is 149 Å².